The summed E-state index contributed by atoms with van der Waals surface area (Å²) in [5, 5.41) is 3.39. The lowest BCUT2D eigenvalue weighted by molar-refractivity contribution is -0.119. The van der Waals surface area contributed by atoms with E-state index >= 15 is 0 Å². The largest absolute Gasteiger partial charge is 0.493 e. The number of ether oxygens (including phenoxy) is 2. The molecule has 0 unspecified atom stereocenters. The van der Waals surface area contributed by atoms with Crippen molar-refractivity contribution in [2.45, 2.75) is 39.2 Å². The average Bonchev–Trinajstić information content (AvgIpc) is 2.48. The molecule has 0 aliphatic rings. The molecule has 0 radical (unpaired) electrons. The van der Waals surface area contributed by atoms with Gasteiger partial charge in [0.1, 0.15) is 0 Å². The molecular formula is C16H26N2O3. The Hall–Kier alpha value is -1.75. The van der Waals surface area contributed by atoms with E-state index in [4.69, 9.17) is 15.2 Å². The molecule has 0 aliphatic heterocycles. The minimum Gasteiger partial charge on any atom is -0.493 e. The van der Waals surface area contributed by atoms with Crippen LogP contribution >= 0.6 is 0 Å². The van der Waals surface area contributed by atoms with E-state index < -0.39 is 5.91 Å². The molecular weight excluding hydrogens is 268 g/mol. The highest BCUT2D eigenvalue weighted by Gasteiger charge is 2.11. The minimum absolute atomic E-state index is 0.149. The molecule has 3 N–H and O–H groups in total. The number of para-hydroxylation sites is 1. The fourth-order valence-corrected chi connectivity index (χ4v) is 2.07. The van der Waals surface area contributed by atoms with Crippen LogP contribution in [0.3, 0.4) is 0 Å². The second kappa shape index (κ2) is 10.0. The van der Waals surface area contributed by atoms with E-state index in [2.05, 4.69) is 12.2 Å². The Morgan fingerprint density at radius 1 is 1.29 bits per heavy atom. The van der Waals surface area contributed by atoms with Gasteiger partial charge in [-0.3, -0.25) is 4.79 Å². The van der Waals surface area contributed by atoms with Crippen molar-refractivity contribution in [3.63, 3.8) is 0 Å². The number of hydrogen-bond acceptors (Lipinski definition) is 4. The smallest absolute Gasteiger partial charge is 0.255 e. The third-order valence-corrected chi connectivity index (χ3v) is 3.16. The van der Waals surface area contributed by atoms with Crippen molar-refractivity contribution in [2.75, 3.05) is 20.3 Å². The number of carbonyl (C=O) groups excluding carboxylic acids is 1. The van der Waals surface area contributed by atoms with Crippen LogP contribution in [0.15, 0.2) is 18.2 Å². The van der Waals surface area contributed by atoms with Crippen molar-refractivity contribution >= 4 is 5.91 Å². The molecule has 21 heavy (non-hydrogen) atoms. The summed E-state index contributed by atoms with van der Waals surface area (Å²) in [7, 11) is 1.58. The number of nitrogens with one attached hydrogen (secondary N) is 1. The standard InChI is InChI=1S/C16H26N2O3/c1-3-4-5-6-10-18-11-13-8-7-9-14(20-2)16(13)21-12-15(17)19/h7-9,18H,3-6,10-12H2,1-2H3,(H2,17,19). The summed E-state index contributed by atoms with van der Waals surface area (Å²) in [6.07, 6.45) is 4.91. The summed E-state index contributed by atoms with van der Waals surface area (Å²) >= 11 is 0. The van der Waals surface area contributed by atoms with E-state index in [0.717, 1.165) is 18.5 Å². The molecule has 1 rings (SSSR count). The number of benzene rings is 1. The van der Waals surface area contributed by atoms with Gasteiger partial charge in [0.15, 0.2) is 18.1 Å². The van der Waals surface area contributed by atoms with Gasteiger partial charge in [0.05, 0.1) is 7.11 Å². The van der Waals surface area contributed by atoms with Crippen LogP contribution in [-0.2, 0) is 11.3 Å². The van der Waals surface area contributed by atoms with Gasteiger partial charge in [0.2, 0.25) is 0 Å². The van der Waals surface area contributed by atoms with E-state index in [9.17, 15) is 4.79 Å². The number of unbranched alkanes of at least 4 members (excludes halogenated alkanes) is 3. The van der Waals surface area contributed by atoms with Crippen molar-refractivity contribution in [3.05, 3.63) is 23.8 Å². The Labute approximate surface area is 126 Å². The quantitative estimate of drug-likeness (QED) is 0.614. The molecule has 0 heterocycles. The lowest BCUT2D eigenvalue weighted by atomic mass is 10.1. The number of carbonyl (C=O) groups is 1. The molecule has 0 saturated carbocycles. The summed E-state index contributed by atoms with van der Waals surface area (Å²) in [6.45, 7) is 3.69. The van der Waals surface area contributed by atoms with E-state index in [1.54, 1.807) is 13.2 Å². The van der Waals surface area contributed by atoms with Crippen LogP contribution in [0.5, 0.6) is 11.5 Å². The Morgan fingerprint density at radius 3 is 2.76 bits per heavy atom. The van der Waals surface area contributed by atoms with Crippen molar-refractivity contribution < 1.29 is 14.3 Å². The van der Waals surface area contributed by atoms with Gasteiger partial charge in [-0.15, -0.1) is 0 Å². The highest BCUT2D eigenvalue weighted by molar-refractivity contribution is 5.75. The lowest BCUT2D eigenvalue weighted by Gasteiger charge is -2.14. The van der Waals surface area contributed by atoms with Gasteiger partial charge in [-0.1, -0.05) is 38.3 Å². The van der Waals surface area contributed by atoms with Crippen LogP contribution in [0.25, 0.3) is 0 Å². The molecule has 5 heteroatoms. The molecule has 0 aliphatic carbocycles. The van der Waals surface area contributed by atoms with Gasteiger partial charge in [-0.2, -0.15) is 0 Å². The predicted octanol–water partition coefficient (Wildman–Crippen LogP) is 2.23. The topological polar surface area (TPSA) is 73.6 Å². The summed E-state index contributed by atoms with van der Waals surface area (Å²) in [5.74, 6) is 0.695. The maximum Gasteiger partial charge on any atom is 0.255 e. The second-order valence-electron chi connectivity index (χ2n) is 4.94. The molecule has 0 spiro atoms. The van der Waals surface area contributed by atoms with E-state index in [0.29, 0.717) is 18.0 Å². The first-order chi connectivity index (χ1) is 10.2. The van der Waals surface area contributed by atoms with Crippen molar-refractivity contribution in [1.29, 1.82) is 0 Å². The van der Waals surface area contributed by atoms with Crippen molar-refractivity contribution in [1.82, 2.24) is 5.32 Å². The maximum atomic E-state index is 10.9. The third-order valence-electron chi connectivity index (χ3n) is 3.16. The first kappa shape index (κ1) is 17.3. The SMILES string of the molecule is CCCCCCNCc1cccc(OC)c1OCC(N)=O. The van der Waals surface area contributed by atoms with Crippen molar-refractivity contribution in [2.24, 2.45) is 5.73 Å². The number of primary amides is 1. The molecule has 1 aromatic rings. The highest BCUT2D eigenvalue weighted by Crippen LogP contribution is 2.30. The van der Waals surface area contributed by atoms with E-state index in [1.807, 2.05) is 12.1 Å². The van der Waals surface area contributed by atoms with Gasteiger partial charge in [0, 0.05) is 12.1 Å². The Morgan fingerprint density at radius 2 is 2.10 bits per heavy atom. The monoisotopic (exact) mass is 294 g/mol. The zero-order valence-electron chi connectivity index (χ0n) is 13.0. The van der Waals surface area contributed by atoms with Gasteiger partial charge in [-0.05, 0) is 19.0 Å². The number of rotatable bonds is 11. The summed E-state index contributed by atoms with van der Waals surface area (Å²) in [5.41, 5.74) is 6.09. The van der Waals surface area contributed by atoms with E-state index in [1.165, 1.54) is 19.3 Å². The van der Waals surface area contributed by atoms with Gasteiger partial charge >= 0.3 is 0 Å². The second-order valence-corrected chi connectivity index (χ2v) is 4.94. The molecule has 0 fully saturated rings. The Kier molecular flexibility index (Phi) is 8.28. The highest BCUT2D eigenvalue weighted by atomic mass is 16.5. The van der Waals surface area contributed by atoms with Crippen LogP contribution < -0.4 is 20.5 Å². The number of methoxy groups -OCH3 is 1. The number of amides is 1. The molecule has 0 aromatic heterocycles. The minimum atomic E-state index is -0.501. The van der Waals surface area contributed by atoms with Gasteiger partial charge < -0.3 is 20.5 Å². The average molecular weight is 294 g/mol. The molecule has 0 atom stereocenters. The molecule has 1 amide bonds. The predicted molar refractivity (Wildman–Crippen MR) is 83.5 cm³/mol. The molecule has 0 saturated heterocycles. The molecule has 1 aromatic carbocycles. The van der Waals surface area contributed by atoms with Crippen LogP contribution in [0.4, 0.5) is 0 Å². The first-order valence-corrected chi connectivity index (χ1v) is 7.46. The van der Waals surface area contributed by atoms with Crippen LogP contribution in [0.1, 0.15) is 38.2 Å². The van der Waals surface area contributed by atoms with Crippen LogP contribution in [0, 0.1) is 0 Å². The third kappa shape index (κ3) is 6.49. The van der Waals surface area contributed by atoms with E-state index in [-0.39, 0.29) is 6.61 Å². The summed E-state index contributed by atoms with van der Waals surface area (Å²) in [6, 6.07) is 5.67. The number of nitrogens with two attached hydrogens (primary N) is 1. The Balaban J connectivity index is 2.56. The fraction of sp³-hybridized carbons (Fsp3) is 0.562. The van der Waals surface area contributed by atoms with Gasteiger partial charge in [0.25, 0.3) is 5.91 Å². The summed E-state index contributed by atoms with van der Waals surface area (Å²) < 4.78 is 10.7. The Bertz CT molecular complexity index is 436. The lowest BCUT2D eigenvalue weighted by Crippen LogP contribution is -2.21. The number of hydrogen-bond donors (Lipinski definition) is 2. The zero-order valence-corrected chi connectivity index (χ0v) is 13.0. The fourth-order valence-electron chi connectivity index (χ4n) is 2.07. The maximum absolute atomic E-state index is 10.9. The molecule has 118 valence electrons. The van der Waals surface area contributed by atoms with Crippen LogP contribution in [0.2, 0.25) is 0 Å². The van der Waals surface area contributed by atoms with Crippen molar-refractivity contribution in [3.8, 4) is 11.5 Å². The molecule has 5 nitrogen and oxygen atoms in total. The first-order valence-electron chi connectivity index (χ1n) is 7.46. The normalized spacial score (nSPS) is 10.4. The van der Waals surface area contributed by atoms with Crippen LogP contribution in [-0.4, -0.2) is 26.2 Å². The molecule has 0 bridgehead atoms. The van der Waals surface area contributed by atoms with Gasteiger partial charge in [-0.25, -0.2) is 0 Å². The zero-order chi connectivity index (χ0) is 15.5. The summed E-state index contributed by atoms with van der Waals surface area (Å²) in [4.78, 5) is 10.9.